The first kappa shape index (κ1) is 15.0. The maximum Gasteiger partial charge on any atom is 0.231 e. The average molecular weight is 278 g/mol. The highest BCUT2D eigenvalue weighted by Gasteiger charge is 2.36. The molecule has 5 nitrogen and oxygen atoms in total. The second kappa shape index (κ2) is 5.91. The quantitative estimate of drug-likeness (QED) is 0.757. The van der Waals surface area contributed by atoms with Gasteiger partial charge in [0.05, 0.1) is 17.6 Å². The first-order chi connectivity index (χ1) is 9.38. The van der Waals surface area contributed by atoms with Crippen molar-refractivity contribution in [2.75, 3.05) is 25.0 Å². The van der Waals surface area contributed by atoms with E-state index >= 15 is 0 Å². The summed E-state index contributed by atoms with van der Waals surface area (Å²) in [7, 11) is 0. The summed E-state index contributed by atoms with van der Waals surface area (Å²) in [5.41, 5.74) is 0.173. The zero-order valence-electron chi connectivity index (χ0n) is 11.9. The fourth-order valence-electron chi connectivity index (χ4n) is 2.43. The highest BCUT2D eigenvalue weighted by Crippen LogP contribution is 2.23. The molecule has 1 aromatic rings. The largest absolute Gasteiger partial charge is 0.389 e. The molecule has 110 valence electrons. The zero-order chi connectivity index (χ0) is 14.8. The normalized spacial score (nSPS) is 23.8. The van der Waals surface area contributed by atoms with Gasteiger partial charge in [-0.3, -0.25) is 9.69 Å². The summed E-state index contributed by atoms with van der Waals surface area (Å²) >= 11 is 0. The highest BCUT2D eigenvalue weighted by molar-refractivity contribution is 5.94. The van der Waals surface area contributed by atoms with Gasteiger partial charge in [0.2, 0.25) is 5.91 Å². The summed E-state index contributed by atoms with van der Waals surface area (Å²) in [6.45, 7) is 5.04. The number of carbonyl (C=O) groups excluding carboxylic acids is 1. The van der Waals surface area contributed by atoms with E-state index in [2.05, 4.69) is 5.32 Å². The number of nitrogens with one attached hydrogen (secondary N) is 1. The second-order valence-electron chi connectivity index (χ2n) is 6.03. The van der Waals surface area contributed by atoms with E-state index in [0.717, 1.165) is 5.69 Å². The number of amides is 1. The van der Waals surface area contributed by atoms with Gasteiger partial charge in [0.25, 0.3) is 0 Å². The van der Waals surface area contributed by atoms with E-state index in [4.69, 9.17) is 0 Å². The second-order valence-corrected chi connectivity index (χ2v) is 6.03. The number of β-amino-alcohol motifs (C(OH)–C–C–N with tert-alkyl or cyclic N) is 2. The van der Waals surface area contributed by atoms with E-state index < -0.39 is 17.6 Å². The van der Waals surface area contributed by atoms with Crippen LogP contribution in [0.25, 0.3) is 0 Å². The molecule has 0 aliphatic carbocycles. The number of hydrogen-bond donors (Lipinski definition) is 3. The fourth-order valence-corrected chi connectivity index (χ4v) is 2.43. The molecule has 0 saturated carbocycles. The lowest BCUT2D eigenvalue weighted by Crippen LogP contribution is -2.41. The summed E-state index contributed by atoms with van der Waals surface area (Å²) in [6, 6.07) is 9.33. The Balaban J connectivity index is 1.94. The molecule has 1 fully saturated rings. The minimum Gasteiger partial charge on any atom is -0.389 e. The van der Waals surface area contributed by atoms with Crippen molar-refractivity contribution in [3.63, 3.8) is 0 Å². The van der Waals surface area contributed by atoms with E-state index in [-0.39, 0.29) is 5.91 Å². The number of hydrogen-bond acceptors (Lipinski definition) is 4. The van der Waals surface area contributed by atoms with Gasteiger partial charge in [0, 0.05) is 25.3 Å². The van der Waals surface area contributed by atoms with Crippen LogP contribution in [0.3, 0.4) is 0 Å². The third kappa shape index (κ3) is 3.56. The molecule has 0 bridgehead atoms. The molecule has 2 atom stereocenters. The molecule has 2 unspecified atom stereocenters. The number of para-hydroxylation sites is 1. The van der Waals surface area contributed by atoms with Crippen LogP contribution in [-0.2, 0) is 4.79 Å². The van der Waals surface area contributed by atoms with Crippen LogP contribution in [0, 0.1) is 5.41 Å². The maximum atomic E-state index is 12.3. The van der Waals surface area contributed by atoms with Gasteiger partial charge < -0.3 is 15.5 Å². The van der Waals surface area contributed by atoms with Crippen molar-refractivity contribution in [1.82, 2.24) is 4.90 Å². The molecule has 1 amide bonds. The molecule has 0 spiro atoms. The average Bonchev–Trinajstić information content (AvgIpc) is 2.68. The van der Waals surface area contributed by atoms with Gasteiger partial charge in [-0.1, -0.05) is 18.2 Å². The zero-order valence-corrected chi connectivity index (χ0v) is 11.9. The fraction of sp³-hybridized carbons (Fsp3) is 0.533. The lowest BCUT2D eigenvalue weighted by atomic mass is 9.91. The van der Waals surface area contributed by atoms with E-state index in [0.29, 0.717) is 19.6 Å². The van der Waals surface area contributed by atoms with Gasteiger partial charge in [0.1, 0.15) is 0 Å². The molecule has 20 heavy (non-hydrogen) atoms. The molecule has 1 aliphatic heterocycles. The van der Waals surface area contributed by atoms with Crippen molar-refractivity contribution in [2.24, 2.45) is 5.41 Å². The standard InChI is InChI=1S/C15H22N2O3/c1-15(2,10-17-8-12(18)13(19)9-17)14(20)16-11-6-4-3-5-7-11/h3-7,12-13,18-19H,8-10H2,1-2H3,(H,16,20). The number of benzene rings is 1. The number of aliphatic hydroxyl groups excluding tert-OH is 2. The summed E-state index contributed by atoms with van der Waals surface area (Å²) in [4.78, 5) is 14.2. The van der Waals surface area contributed by atoms with Gasteiger partial charge in [-0.15, -0.1) is 0 Å². The number of anilines is 1. The Labute approximate surface area is 119 Å². The third-order valence-electron chi connectivity index (χ3n) is 3.60. The SMILES string of the molecule is CC(C)(CN1CC(O)C(O)C1)C(=O)Nc1ccccc1. The van der Waals surface area contributed by atoms with Crippen molar-refractivity contribution in [2.45, 2.75) is 26.1 Å². The van der Waals surface area contributed by atoms with Gasteiger partial charge in [-0.2, -0.15) is 0 Å². The minimum atomic E-state index is -0.719. The highest BCUT2D eigenvalue weighted by atomic mass is 16.3. The molecule has 3 N–H and O–H groups in total. The van der Waals surface area contributed by atoms with Crippen molar-refractivity contribution in [1.29, 1.82) is 0 Å². The Morgan fingerprint density at radius 3 is 2.35 bits per heavy atom. The lowest BCUT2D eigenvalue weighted by molar-refractivity contribution is -0.124. The smallest absolute Gasteiger partial charge is 0.231 e. The molecule has 0 aromatic heterocycles. The molecule has 5 heteroatoms. The van der Waals surface area contributed by atoms with Crippen LogP contribution in [0.5, 0.6) is 0 Å². The predicted octanol–water partition coefficient (Wildman–Crippen LogP) is 0.689. The van der Waals surface area contributed by atoms with Gasteiger partial charge >= 0.3 is 0 Å². The maximum absolute atomic E-state index is 12.3. The molecule has 2 rings (SSSR count). The number of rotatable bonds is 4. The molecule has 1 aromatic carbocycles. The molecule has 1 saturated heterocycles. The number of aliphatic hydroxyl groups is 2. The van der Waals surface area contributed by atoms with Crippen LogP contribution < -0.4 is 5.32 Å². The number of likely N-dealkylation sites (tertiary alicyclic amines) is 1. The monoisotopic (exact) mass is 278 g/mol. The summed E-state index contributed by atoms with van der Waals surface area (Å²) < 4.78 is 0. The third-order valence-corrected chi connectivity index (χ3v) is 3.60. The Bertz CT molecular complexity index is 451. The molecular weight excluding hydrogens is 256 g/mol. The van der Waals surface area contributed by atoms with Crippen LogP contribution in [0.4, 0.5) is 5.69 Å². The van der Waals surface area contributed by atoms with Crippen molar-refractivity contribution < 1.29 is 15.0 Å². The summed E-state index contributed by atoms with van der Waals surface area (Å²) in [6.07, 6.45) is -1.44. The first-order valence-electron chi connectivity index (χ1n) is 6.83. The van der Waals surface area contributed by atoms with E-state index in [9.17, 15) is 15.0 Å². The van der Waals surface area contributed by atoms with Crippen LogP contribution in [-0.4, -0.2) is 52.9 Å². The predicted molar refractivity (Wildman–Crippen MR) is 77.3 cm³/mol. The molecule has 1 aliphatic rings. The topological polar surface area (TPSA) is 72.8 Å². The Kier molecular flexibility index (Phi) is 4.42. The summed E-state index contributed by atoms with van der Waals surface area (Å²) in [5.74, 6) is -0.0698. The van der Waals surface area contributed by atoms with Crippen molar-refractivity contribution >= 4 is 11.6 Å². The van der Waals surface area contributed by atoms with Crippen LogP contribution >= 0.6 is 0 Å². The van der Waals surface area contributed by atoms with Crippen LogP contribution in [0.15, 0.2) is 30.3 Å². The number of nitrogens with zero attached hydrogens (tertiary/aromatic N) is 1. The minimum absolute atomic E-state index is 0.0698. The molecule has 1 heterocycles. The van der Waals surface area contributed by atoms with Crippen molar-refractivity contribution in [3.05, 3.63) is 30.3 Å². The van der Waals surface area contributed by atoms with Gasteiger partial charge in [-0.25, -0.2) is 0 Å². The van der Waals surface area contributed by atoms with E-state index in [1.807, 2.05) is 49.1 Å². The van der Waals surface area contributed by atoms with Crippen LogP contribution in [0.1, 0.15) is 13.8 Å². The Morgan fingerprint density at radius 2 is 1.80 bits per heavy atom. The summed E-state index contributed by atoms with van der Waals surface area (Å²) in [5, 5.41) is 22.0. The first-order valence-corrected chi connectivity index (χ1v) is 6.83. The van der Waals surface area contributed by atoms with E-state index in [1.54, 1.807) is 0 Å². The van der Waals surface area contributed by atoms with Crippen molar-refractivity contribution in [3.8, 4) is 0 Å². The van der Waals surface area contributed by atoms with Crippen LogP contribution in [0.2, 0.25) is 0 Å². The Hall–Kier alpha value is -1.43. The van der Waals surface area contributed by atoms with Gasteiger partial charge in [0.15, 0.2) is 0 Å². The molecule has 0 radical (unpaired) electrons. The van der Waals surface area contributed by atoms with E-state index in [1.165, 1.54) is 0 Å². The Morgan fingerprint density at radius 1 is 1.25 bits per heavy atom. The lowest BCUT2D eigenvalue weighted by Gasteiger charge is -2.28. The van der Waals surface area contributed by atoms with Gasteiger partial charge in [-0.05, 0) is 26.0 Å². The number of carbonyl (C=O) groups is 1. The molecular formula is C15H22N2O3.